The molecular weight excluding hydrogens is 310 g/mol. The first kappa shape index (κ1) is 17.5. The van der Waals surface area contributed by atoms with Crippen LogP contribution in [0.15, 0.2) is 36.4 Å². The van der Waals surface area contributed by atoms with Gasteiger partial charge in [-0.1, -0.05) is 41.5 Å². The molecule has 0 saturated carbocycles. The summed E-state index contributed by atoms with van der Waals surface area (Å²) in [5, 5.41) is 3.23. The maximum Gasteiger partial charge on any atom is 0.224 e. The molecule has 25 heavy (non-hydrogen) atoms. The Morgan fingerprint density at radius 2 is 1.80 bits per heavy atom. The Labute approximate surface area is 150 Å². The van der Waals surface area contributed by atoms with Gasteiger partial charge in [-0.25, -0.2) is 0 Å². The summed E-state index contributed by atoms with van der Waals surface area (Å²) in [4.78, 5) is 12.7. The lowest BCUT2D eigenvalue weighted by Gasteiger charge is -2.38. The van der Waals surface area contributed by atoms with E-state index < -0.39 is 0 Å². The highest BCUT2D eigenvalue weighted by Gasteiger charge is 2.34. The molecule has 3 heteroatoms. The van der Waals surface area contributed by atoms with Gasteiger partial charge in [0.25, 0.3) is 0 Å². The summed E-state index contributed by atoms with van der Waals surface area (Å²) in [6, 6.07) is 12.4. The minimum Gasteiger partial charge on any atom is -0.487 e. The largest absolute Gasteiger partial charge is 0.487 e. The Morgan fingerprint density at radius 1 is 1.12 bits per heavy atom. The zero-order valence-electron chi connectivity index (χ0n) is 15.8. The molecular formula is C22H27NO2. The monoisotopic (exact) mass is 337 g/mol. The van der Waals surface area contributed by atoms with Gasteiger partial charge in [0.05, 0.1) is 12.5 Å². The van der Waals surface area contributed by atoms with Crippen LogP contribution in [-0.4, -0.2) is 11.5 Å². The molecule has 1 amide bonds. The van der Waals surface area contributed by atoms with E-state index in [0.717, 1.165) is 28.9 Å². The van der Waals surface area contributed by atoms with Crippen molar-refractivity contribution >= 4 is 5.91 Å². The van der Waals surface area contributed by atoms with Crippen molar-refractivity contribution in [3.63, 3.8) is 0 Å². The van der Waals surface area contributed by atoms with E-state index in [0.29, 0.717) is 6.42 Å². The van der Waals surface area contributed by atoms with Gasteiger partial charge in [-0.2, -0.15) is 0 Å². The van der Waals surface area contributed by atoms with Crippen molar-refractivity contribution in [3.05, 3.63) is 64.2 Å². The number of ether oxygens (including phenoxy) is 1. The Hall–Kier alpha value is -2.29. The maximum absolute atomic E-state index is 12.7. The summed E-state index contributed by atoms with van der Waals surface area (Å²) in [5.74, 6) is 0.933. The second-order valence-electron chi connectivity index (χ2n) is 7.83. The molecule has 1 heterocycles. The number of hydrogen-bond acceptors (Lipinski definition) is 2. The van der Waals surface area contributed by atoms with Gasteiger partial charge >= 0.3 is 0 Å². The van der Waals surface area contributed by atoms with Crippen molar-refractivity contribution in [3.8, 4) is 5.75 Å². The molecule has 3 nitrogen and oxygen atoms in total. The molecule has 0 fully saturated rings. The number of nitrogens with one attached hydrogen (secondary N) is 1. The van der Waals surface area contributed by atoms with Gasteiger partial charge < -0.3 is 10.1 Å². The molecule has 0 spiro atoms. The molecule has 1 N–H and O–H groups in total. The number of aryl methyl sites for hydroxylation is 3. The van der Waals surface area contributed by atoms with E-state index in [2.05, 4.69) is 70.3 Å². The normalized spacial score (nSPS) is 18.2. The van der Waals surface area contributed by atoms with Gasteiger partial charge in [-0.05, 0) is 51.8 Å². The standard InChI is InChI=1S/C22H27NO2/c1-14-6-8-16(3)17(10-14)12-21(24)23-19-13-22(4,5)25-20-9-7-15(2)11-18(19)20/h6-11,19H,12-13H2,1-5H3,(H,23,24)/t19-/m0/s1. The highest BCUT2D eigenvalue weighted by Crippen LogP contribution is 2.39. The van der Waals surface area contributed by atoms with Gasteiger partial charge in [-0.15, -0.1) is 0 Å². The third kappa shape index (κ3) is 4.04. The Bertz CT molecular complexity index is 808. The SMILES string of the molecule is Cc1ccc(C)c(CC(=O)N[C@H]2CC(C)(C)Oc3ccc(C)cc32)c1. The van der Waals surface area contributed by atoms with Crippen molar-refractivity contribution in [2.75, 3.05) is 0 Å². The minimum atomic E-state index is -0.292. The van der Waals surface area contributed by atoms with E-state index in [1.54, 1.807) is 0 Å². The van der Waals surface area contributed by atoms with Crippen molar-refractivity contribution in [2.45, 2.75) is 59.1 Å². The van der Waals surface area contributed by atoms with Crippen LogP contribution in [0.25, 0.3) is 0 Å². The van der Waals surface area contributed by atoms with Crippen LogP contribution in [-0.2, 0) is 11.2 Å². The van der Waals surface area contributed by atoms with Gasteiger partial charge in [0.2, 0.25) is 5.91 Å². The minimum absolute atomic E-state index is 0.0173. The van der Waals surface area contributed by atoms with E-state index in [-0.39, 0.29) is 17.6 Å². The molecule has 0 saturated heterocycles. The number of rotatable bonds is 3. The van der Waals surface area contributed by atoms with Crippen molar-refractivity contribution < 1.29 is 9.53 Å². The Kier molecular flexibility index (Phi) is 4.59. The molecule has 0 bridgehead atoms. The third-order valence-electron chi connectivity index (χ3n) is 4.81. The molecule has 0 aromatic heterocycles. The lowest BCUT2D eigenvalue weighted by molar-refractivity contribution is -0.121. The summed E-state index contributed by atoms with van der Waals surface area (Å²) in [6.07, 6.45) is 1.18. The van der Waals surface area contributed by atoms with E-state index >= 15 is 0 Å². The van der Waals surface area contributed by atoms with Gasteiger partial charge in [0.15, 0.2) is 0 Å². The molecule has 1 atom stereocenters. The van der Waals surface area contributed by atoms with Crippen LogP contribution in [0.3, 0.4) is 0 Å². The number of hydrogen-bond donors (Lipinski definition) is 1. The van der Waals surface area contributed by atoms with Crippen LogP contribution in [0.5, 0.6) is 5.75 Å². The smallest absolute Gasteiger partial charge is 0.224 e. The summed E-state index contributed by atoms with van der Waals surface area (Å²) in [5.41, 5.74) is 5.39. The Morgan fingerprint density at radius 3 is 2.56 bits per heavy atom. The highest BCUT2D eigenvalue weighted by atomic mass is 16.5. The zero-order chi connectivity index (χ0) is 18.2. The summed E-state index contributed by atoms with van der Waals surface area (Å²) in [7, 11) is 0. The number of carbonyl (C=O) groups excluding carboxylic acids is 1. The third-order valence-corrected chi connectivity index (χ3v) is 4.81. The first-order valence-electron chi connectivity index (χ1n) is 8.88. The molecule has 2 aromatic rings. The second kappa shape index (κ2) is 6.55. The first-order chi connectivity index (χ1) is 11.7. The van der Waals surface area contributed by atoms with Crippen molar-refractivity contribution in [1.29, 1.82) is 0 Å². The lowest BCUT2D eigenvalue weighted by Crippen LogP contribution is -2.41. The fraction of sp³-hybridized carbons (Fsp3) is 0.409. The highest BCUT2D eigenvalue weighted by molar-refractivity contribution is 5.79. The molecule has 3 rings (SSSR count). The number of fused-ring (bicyclic) bond motifs is 1. The number of amides is 1. The van der Waals surface area contributed by atoms with Gasteiger partial charge in [0.1, 0.15) is 11.4 Å². The van der Waals surface area contributed by atoms with Crippen LogP contribution in [0.2, 0.25) is 0 Å². The van der Waals surface area contributed by atoms with Gasteiger partial charge in [-0.3, -0.25) is 4.79 Å². The molecule has 0 radical (unpaired) electrons. The number of benzene rings is 2. The quantitative estimate of drug-likeness (QED) is 0.891. The van der Waals surface area contributed by atoms with Crippen LogP contribution in [0.4, 0.5) is 0 Å². The first-order valence-corrected chi connectivity index (χ1v) is 8.88. The summed E-state index contributed by atoms with van der Waals surface area (Å²) in [6.45, 7) is 10.3. The summed E-state index contributed by atoms with van der Waals surface area (Å²) < 4.78 is 6.09. The van der Waals surface area contributed by atoms with Crippen LogP contribution >= 0.6 is 0 Å². The van der Waals surface area contributed by atoms with Crippen LogP contribution < -0.4 is 10.1 Å². The van der Waals surface area contributed by atoms with E-state index in [1.165, 1.54) is 11.1 Å². The van der Waals surface area contributed by atoms with E-state index in [1.807, 2.05) is 6.07 Å². The fourth-order valence-corrected chi connectivity index (χ4v) is 3.51. The lowest BCUT2D eigenvalue weighted by atomic mass is 9.88. The maximum atomic E-state index is 12.7. The van der Waals surface area contributed by atoms with E-state index in [4.69, 9.17) is 4.74 Å². The Balaban J connectivity index is 1.81. The average molecular weight is 337 g/mol. The zero-order valence-corrected chi connectivity index (χ0v) is 15.8. The summed E-state index contributed by atoms with van der Waals surface area (Å²) >= 11 is 0. The van der Waals surface area contributed by atoms with Crippen LogP contribution in [0, 0.1) is 20.8 Å². The van der Waals surface area contributed by atoms with E-state index in [9.17, 15) is 4.79 Å². The topological polar surface area (TPSA) is 38.3 Å². The second-order valence-corrected chi connectivity index (χ2v) is 7.83. The predicted molar refractivity (Wildman–Crippen MR) is 101 cm³/mol. The van der Waals surface area contributed by atoms with Crippen molar-refractivity contribution in [1.82, 2.24) is 5.32 Å². The van der Waals surface area contributed by atoms with Crippen LogP contribution in [0.1, 0.15) is 54.1 Å². The molecule has 132 valence electrons. The molecule has 2 aromatic carbocycles. The number of carbonyl (C=O) groups is 1. The van der Waals surface area contributed by atoms with Gasteiger partial charge in [0, 0.05) is 12.0 Å². The predicted octanol–water partition coefficient (Wildman–Crippen LogP) is 4.57. The molecule has 0 unspecified atom stereocenters. The molecule has 0 aliphatic carbocycles. The average Bonchev–Trinajstić information content (AvgIpc) is 2.51. The fourth-order valence-electron chi connectivity index (χ4n) is 3.51. The van der Waals surface area contributed by atoms with Crippen molar-refractivity contribution in [2.24, 2.45) is 0 Å². The molecule has 1 aliphatic rings. The molecule has 1 aliphatic heterocycles.